The van der Waals surface area contributed by atoms with Gasteiger partial charge in [0.25, 0.3) is 0 Å². The molecular weight excluding hydrogens is 408 g/mol. The molecule has 2 heterocycles. The van der Waals surface area contributed by atoms with Crippen molar-refractivity contribution in [3.8, 4) is 0 Å². The second-order valence-electron chi connectivity index (χ2n) is 6.19. The predicted molar refractivity (Wildman–Crippen MR) is 106 cm³/mol. The molecule has 0 spiro atoms. The van der Waals surface area contributed by atoms with E-state index in [0.29, 0.717) is 48.1 Å². The quantitative estimate of drug-likeness (QED) is 0.645. The van der Waals surface area contributed by atoms with Gasteiger partial charge in [-0.1, -0.05) is 41.1 Å². The van der Waals surface area contributed by atoms with E-state index in [2.05, 4.69) is 0 Å². The van der Waals surface area contributed by atoms with Crippen molar-refractivity contribution in [1.29, 1.82) is 0 Å². The fraction of sp³-hybridized carbons (Fsp3) is 0.278. The molecular formula is C18H17ClN2O4S2. The van der Waals surface area contributed by atoms with Crippen LogP contribution >= 0.6 is 22.9 Å². The highest BCUT2D eigenvalue weighted by molar-refractivity contribution is 7.89. The number of hydrogen-bond acceptors (Lipinski definition) is 5. The third kappa shape index (κ3) is 3.55. The van der Waals surface area contributed by atoms with Crippen LogP contribution in [0.3, 0.4) is 0 Å². The zero-order chi connectivity index (χ0) is 19.0. The van der Waals surface area contributed by atoms with E-state index in [0.717, 1.165) is 16.9 Å². The third-order valence-electron chi connectivity index (χ3n) is 4.53. The van der Waals surface area contributed by atoms with Gasteiger partial charge in [-0.15, -0.1) is 0 Å². The Balaban J connectivity index is 1.73. The lowest BCUT2D eigenvalue weighted by Gasteiger charge is -2.26. The molecule has 0 bridgehead atoms. The van der Waals surface area contributed by atoms with Gasteiger partial charge >= 0.3 is 4.87 Å². The van der Waals surface area contributed by atoms with Crippen LogP contribution in [-0.4, -0.2) is 43.6 Å². The summed E-state index contributed by atoms with van der Waals surface area (Å²) in [6.45, 7) is 1.80. The van der Waals surface area contributed by atoms with E-state index >= 15 is 0 Å². The van der Waals surface area contributed by atoms with E-state index in [4.69, 9.17) is 16.3 Å². The lowest BCUT2D eigenvalue weighted by Crippen LogP contribution is -2.40. The van der Waals surface area contributed by atoms with Crippen molar-refractivity contribution < 1.29 is 13.2 Å². The average molecular weight is 425 g/mol. The van der Waals surface area contributed by atoms with Crippen molar-refractivity contribution in [1.82, 2.24) is 8.87 Å². The van der Waals surface area contributed by atoms with Gasteiger partial charge in [-0.3, -0.25) is 9.36 Å². The molecule has 9 heteroatoms. The Morgan fingerprint density at radius 3 is 2.59 bits per heavy atom. The fourth-order valence-corrected chi connectivity index (χ4v) is 5.72. The molecule has 1 aliphatic rings. The number of sulfonamides is 1. The lowest BCUT2D eigenvalue weighted by atomic mass is 10.2. The van der Waals surface area contributed by atoms with Crippen LogP contribution in [0, 0.1) is 0 Å². The normalized spacial score (nSPS) is 16.0. The van der Waals surface area contributed by atoms with Crippen molar-refractivity contribution in [2.24, 2.45) is 0 Å². The monoisotopic (exact) mass is 424 g/mol. The molecule has 142 valence electrons. The molecule has 1 aliphatic heterocycles. The molecule has 3 aromatic rings. The summed E-state index contributed by atoms with van der Waals surface area (Å²) in [7, 11) is -3.60. The van der Waals surface area contributed by atoms with Crippen LogP contribution in [0.4, 0.5) is 0 Å². The van der Waals surface area contributed by atoms with E-state index < -0.39 is 10.0 Å². The first-order valence-corrected chi connectivity index (χ1v) is 11.0. The first-order chi connectivity index (χ1) is 13.0. The van der Waals surface area contributed by atoms with E-state index in [1.165, 1.54) is 4.31 Å². The summed E-state index contributed by atoms with van der Waals surface area (Å²) >= 11 is 7.25. The van der Waals surface area contributed by atoms with E-state index in [-0.39, 0.29) is 9.77 Å². The molecule has 27 heavy (non-hydrogen) atoms. The Bertz CT molecular complexity index is 1150. The maximum absolute atomic E-state index is 12.8. The highest BCUT2D eigenvalue weighted by Crippen LogP contribution is 2.26. The first kappa shape index (κ1) is 18.6. The molecule has 0 saturated carbocycles. The number of ether oxygens (including phenoxy) is 1. The van der Waals surface area contributed by atoms with Crippen LogP contribution < -0.4 is 4.87 Å². The molecule has 0 atom stereocenters. The Hall–Kier alpha value is -1.71. The second kappa shape index (κ2) is 7.37. The highest BCUT2D eigenvalue weighted by Gasteiger charge is 2.27. The van der Waals surface area contributed by atoms with Crippen LogP contribution in [-0.2, 0) is 21.3 Å². The molecule has 0 N–H and O–H groups in total. The molecule has 1 fully saturated rings. The molecule has 1 aromatic heterocycles. The van der Waals surface area contributed by atoms with Crippen LogP contribution in [0.1, 0.15) is 5.56 Å². The van der Waals surface area contributed by atoms with Crippen LogP contribution in [0.15, 0.2) is 52.2 Å². The third-order valence-corrected chi connectivity index (χ3v) is 7.74. The number of thiazole rings is 1. The number of nitrogens with zero attached hydrogens (tertiary/aromatic N) is 2. The summed E-state index contributed by atoms with van der Waals surface area (Å²) in [6, 6.07) is 12.2. The Labute approximate surface area is 165 Å². The molecule has 0 unspecified atom stereocenters. The first-order valence-electron chi connectivity index (χ1n) is 8.41. The molecule has 4 rings (SSSR count). The summed E-state index contributed by atoms with van der Waals surface area (Å²) in [5.41, 5.74) is 1.54. The lowest BCUT2D eigenvalue weighted by molar-refractivity contribution is 0.0730. The zero-order valence-corrected chi connectivity index (χ0v) is 16.7. The molecule has 0 amide bonds. The number of morpholine rings is 1. The molecule has 1 saturated heterocycles. The van der Waals surface area contributed by atoms with Gasteiger partial charge in [0.2, 0.25) is 10.0 Å². The summed E-state index contributed by atoms with van der Waals surface area (Å²) in [6.07, 6.45) is 0. The van der Waals surface area contributed by atoms with Gasteiger partial charge in [0.15, 0.2) is 0 Å². The summed E-state index contributed by atoms with van der Waals surface area (Å²) in [4.78, 5) is 12.5. The summed E-state index contributed by atoms with van der Waals surface area (Å²) in [5.74, 6) is 0. The average Bonchev–Trinajstić information content (AvgIpc) is 2.99. The maximum atomic E-state index is 12.8. The largest absolute Gasteiger partial charge is 0.379 e. The van der Waals surface area contributed by atoms with Gasteiger partial charge in [-0.2, -0.15) is 4.31 Å². The molecule has 6 nitrogen and oxygen atoms in total. The Morgan fingerprint density at radius 2 is 1.85 bits per heavy atom. The second-order valence-corrected chi connectivity index (χ2v) is 9.53. The Morgan fingerprint density at radius 1 is 1.11 bits per heavy atom. The summed E-state index contributed by atoms with van der Waals surface area (Å²) in [5, 5.41) is 0.593. The minimum Gasteiger partial charge on any atom is -0.379 e. The highest BCUT2D eigenvalue weighted by atomic mass is 35.5. The van der Waals surface area contributed by atoms with E-state index in [9.17, 15) is 13.2 Å². The number of aromatic nitrogens is 1. The van der Waals surface area contributed by atoms with Crippen molar-refractivity contribution in [3.63, 3.8) is 0 Å². The standard InChI is InChI=1S/C18H17ClN2O4S2/c19-15-4-2-1-3-13(15)12-21-16-6-5-14(11-17(16)26-18(21)22)27(23,24)20-7-9-25-10-8-20/h1-6,11H,7-10,12H2. The molecule has 2 aromatic carbocycles. The number of benzene rings is 2. The summed E-state index contributed by atoms with van der Waals surface area (Å²) < 4.78 is 34.6. The molecule has 0 radical (unpaired) electrons. The maximum Gasteiger partial charge on any atom is 0.308 e. The zero-order valence-electron chi connectivity index (χ0n) is 14.3. The van der Waals surface area contributed by atoms with E-state index in [1.54, 1.807) is 28.8 Å². The van der Waals surface area contributed by atoms with Crippen LogP contribution in [0.5, 0.6) is 0 Å². The van der Waals surface area contributed by atoms with Gasteiger partial charge in [0, 0.05) is 18.1 Å². The molecule has 0 aliphatic carbocycles. The van der Waals surface area contributed by atoms with Crippen molar-refractivity contribution >= 4 is 43.2 Å². The minimum absolute atomic E-state index is 0.147. The van der Waals surface area contributed by atoms with Gasteiger partial charge in [0.1, 0.15) is 0 Å². The van der Waals surface area contributed by atoms with Gasteiger partial charge in [-0.25, -0.2) is 8.42 Å². The number of rotatable bonds is 4. The Kier molecular flexibility index (Phi) is 5.09. The van der Waals surface area contributed by atoms with Crippen molar-refractivity contribution in [2.75, 3.05) is 26.3 Å². The van der Waals surface area contributed by atoms with Crippen LogP contribution in [0.25, 0.3) is 10.2 Å². The van der Waals surface area contributed by atoms with Crippen molar-refractivity contribution in [3.05, 3.63) is 62.7 Å². The van der Waals surface area contributed by atoms with Gasteiger partial charge < -0.3 is 4.74 Å². The smallest absolute Gasteiger partial charge is 0.308 e. The predicted octanol–water partition coefficient (Wildman–Crippen LogP) is 2.79. The van der Waals surface area contributed by atoms with E-state index in [1.807, 2.05) is 18.2 Å². The minimum atomic E-state index is -3.60. The number of halogens is 1. The fourth-order valence-electron chi connectivity index (χ4n) is 3.09. The SMILES string of the molecule is O=c1sc2cc(S(=O)(=O)N3CCOCC3)ccc2n1Cc1ccccc1Cl. The number of hydrogen-bond donors (Lipinski definition) is 0. The topological polar surface area (TPSA) is 68.6 Å². The number of fused-ring (bicyclic) bond motifs is 1. The van der Waals surface area contributed by atoms with Crippen molar-refractivity contribution in [2.45, 2.75) is 11.4 Å². The van der Waals surface area contributed by atoms with Crippen LogP contribution in [0.2, 0.25) is 5.02 Å². The van der Waals surface area contributed by atoms with Gasteiger partial charge in [0.05, 0.1) is 34.9 Å². The van der Waals surface area contributed by atoms with Gasteiger partial charge in [-0.05, 0) is 29.8 Å².